The second-order valence-electron chi connectivity index (χ2n) is 7.54. The van der Waals surface area contributed by atoms with Crippen molar-refractivity contribution in [3.63, 3.8) is 0 Å². The van der Waals surface area contributed by atoms with E-state index >= 15 is 0 Å². The molecular weight excluding hydrogens is 378 g/mol. The molecule has 2 unspecified atom stereocenters. The zero-order valence-corrected chi connectivity index (χ0v) is 16.1. The summed E-state index contributed by atoms with van der Waals surface area (Å²) in [5.41, 5.74) is 0. The standard InChI is InChI=1S/C15H25N5O6S/c1-18(2)10-4-3-9(7-10)14(21)17-13(16)12-6-5-11-8-19(12)15(22)20(11)26-27(23,24)25/h9-12H,3-8H2,1-2H3,(H2,16,17,21)(H,23,24,25)/t9?,10?,11-,12+/m1/s1. The Kier molecular flexibility index (Phi) is 5.43. The SMILES string of the molecule is CN(C)C1CCC(C(=O)NC(=N)[C@@H]2CC[C@@H]3CN2C(=O)N3OS(=O)(=O)O)C1. The number of carbonyl (C=O) groups is 2. The number of fused-ring (bicyclic) bond motifs is 2. The molecule has 3 amide bonds. The van der Waals surface area contributed by atoms with Gasteiger partial charge in [-0.25, -0.2) is 4.79 Å². The van der Waals surface area contributed by atoms with Crippen molar-refractivity contribution in [2.45, 2.75) is 50.2 Å². The normalized spacial score (nSPS) is 30.9. The maximum atomic E-state index is 12.5. The summed E-state index contributed by atoms with van der Waals surface area (Å²) in [6.45, 7) is 0.170. The molecule has 0 aromatic rings. The van der Waals surface area contributed by atoms with Gasteiger partial charge in [0.05, 0.1) is 12.1 Å². The predicted molar refractivity (Wildman–Crippen MR) is 94.1 cm³/mol. The van der Waals surface area contributed by atoms with Crippen molar-refractivity contribution >= 4 is 28.2 Å². The van der Waals surface area contributed by atoms with E-state index in [4.69, 9.17) is 9.96 Å². The van der Waals surface area contributed by atoms with Crippen LogP contribution in [0.2, 0.25) is 0 Å². The number of amidine groups is 1. The van der Waals surface area contributed by atoms with Gasteiger partial charge in [-0.1, -0.05) is 0 Å². The molecule has 3 N–H and O–H groups in total. The third-order valence-corrected chi connectivity index (χ3v) is 5.94. The van der Waals surface area contributed by atoms with E-state index in [0.717, 1.165) is 19.3 Å². The molecule has 2 bridgehead atoms. The molecule has 0 aromatic heterocycles. The van der Waals surface area contributed by atoms with E-state index < -0.39 is 28.5 Å². The van der Waals surface area contributed by atoms with Crippen molar-refractivity contribution < 1.29 is 26.8 Å². The molecule has 0 radical (unpaired) electrons. The van der Waals surface area contributed by atoms with E-state index in [2.05, 4.69) is 14.5 Å². The molecule has 3 rings (SSSR count). The average molecular weight is 403 g/mol. The summed E-state index contributed by atoms with van der Waals surface area (Å²) in [7, 11) is -0.854. The highest BCUT2D eigenvalue weighted by molar-refractivity contribution is 7.80. The molecule has 2 saturated heterocycles. The molecule has 4 atom stereocenters. The number of hydrogen-bond acceptors (Lipinski definition) is 7. The van der Waals surface area contributed by atoms with Gasteiger partial charge in [-0.3, -0.25) is 14.8 Å². The summed E-state index contributed by atoms with van der Waals surface area (Å²) < 4.78 is 35.0. The second kappa shape index (κ2) is 7.34. The van der Waals surface area contributed by atoms with Crippen LogP contribution in [-0.2, 0) is 19.5 Å². The molecule has 1 saturated carbocycles. The van der Waals surface area contributed by atoms with Crippen molar-refractivity contribution in [3.05, 3.63) is 0 Å². The summed E-state index contributed by atoms with van der Waals surface area (Å²) in [5.74, 6) is -0.458. The van der Waals surface area contributed by atoms with E-state index in [1.54, 1.807) is 0 Å². The highest BCUT2D eigenvalue weighted by Gasteiger charge is 2.48. The van der Waals surface area contributed by atoms with Gasteiger partial charge in [-0.15, -0.1) is 4.28 Å². The van der Waals surface area contributed by atoms with Crippen LogP contribution in [0.15, 0.2) is 0 Å². The summed E-state index contributed by atoms with van der Waals surface area (Å²) in [6.07, 6.45) is 3.21. The molecular formula is C15H25N5O6S. The first-order valence-electron chi connectivity index (χ1n) is 8.89. The van der Waals surface area contributed by atoms with Gasteiger partial charge in [0.25, 0.3) is 0 Å². The minimum Gasteiger partial charge on any atom is -0.313 e. The lowest BCUT2D eigenvalue weighted by Gasteiger charge is -2.31. The number of urea groups is 1. The number of rotatable bonds is 5. The molecule has 2 aliphatic heterocycles. The van der Waals surface area contributed by atoms with Gasteiger partial charge >= 0.3 is 16.4 Å². The van der Waals surface area contributed by atoms with Crippen molar-refractivity contribution in [1.29, 1.82) is 5.41 Å². The Balaban J connectivity index is 1.60. The van der Waals surface area contributed by atoms with E-state index in [1.165, 1.54) is 4.90 Å². The third kappa shape index (κ3) is 4.23. The third-order valence-electron chi connectivity index (χ3n) is 5.59. The van der Waals surface area contributed by atoms with Crippen LogP contribution < -0.4 is 5.32 Å². The van der Waals surface area contributed by atoms with E-state index in [1.807, 2.05) is 14.1 Å². The van der Waals surface area contributed by atoms with Crippen LogP contribution in [-0.4, -0.2) is 84.4 Å². The van der Waals surface area contributed by atoms with Gasteiger partial charge in [0.15, 0.2) is 0 Å². The molecule has 27 heavy (non-hydrogen) atoms. The topological polar surface area (TPSA) is 143 Å². The summed E-state index contributed by atoms with van der Waals surface area (Å²) in [6, 6.07) is -1.57. The number of hydrogen-bond donors (Lipinski definition) is 3. The average Bonchev–Trinajstić information content (AvgIpc) is 3.15. The van der Waals surface area contributed by atoms with Crippen LogP contribution >= 0.6 is 0 Å². The number of piperidine rings is 1. The van der Waals surface area contributed by atoms with Crippen LogP contribution in [0.1, 0.15) is 32.1 Å². The number of hydroxylamine groups is 2. The molecule has 0 aromatic carbocycles. The predicted octanol–water partition coefficient (Wildman–Crippen LogP) is -0.187. The Bertz CT molecular complexity index is 741. The maximum Gasteiger partial charge on any atom is 0.418 e. The molecule has 3 fully saturated rings. The fourth-order valence-electron chi connectivity index (χ4n) is 4.11. The highest BCUT2D eigenvalue weighted by Crippen LogP contribution is 2.31. The van der Waals surface area contributed by atoms with E-state index in [0.29, 0.717) is 23.9 Å². The van der Waals surface area contributed by atoms with Crippen molar-refractivity contribution in [3.8, 4) is 0 Å². The molecule has 152 valence electrons. The second-order valence-corrected chi connectivity index (χ2v) is 8.54. The zero-order chi connectivity index (χ0) is 19.9. The molecule has 2 heterocycles. The van der Waals surface area contributed by atoms with Crippen molar-refractivity contribution in [2.75, 3.05) is 20.6 Å². The first kappa shape index (κ1) is 20.0. The fourth-order valence-corrected chi connectivity index (χ4v) is 4.50. The maximum absolute atomic E-state index is 12.5. The van der Waals surface area contributed by atoms with Gasteiger partial charge in [0, 0.05) is 18.5 Å². The number of amides is 3. The lowest BCUT2D eigenvalue weighted by Crippen LogP contribution is -2.51. The highest BCUT2D eigenvalue weighted by atomic mass is 32.3. The lowest BCUT2D eigenvalue weighted by atomic mass is 9.99. The number of nitrogens with one attached hydrogen (secondary N) is 2. The first-order valence-corrected chi connectivity index (χ1v) is 10.3. The monoisotopic (exact) mass is 403 g/mol. The molecule has 11 nitrogen and oxygen atoms in total. The van der Waals surface area contributed by atoms with Crippen LogP contribution in [0.3, 0.4) is 0 Å². The first-order chi connectivity index (χ1) is 12.6. The quantitative estimate of drug-likeness (QED) is 0.328. The van der Waals surface area contributed by atoms with Gasteiger partial charge < -0.3 is 15.1 Å². The Morgan fingerprint density at radius 1 is 1.30 bits per heavy atom. The Morgan fingerprint density at radius 2 is 2.00 bits per heavy atom. The molecule has 1 aliphatic carbocycles. The Morgan fingerprint density at radius 3 is 2.59 bits per heavy atom. The van der Waals surface area contributed by atoms with E-state index in [9.17, 15) is 18.0 Å². The fraction of sp³-hybridized carbons (Fsp3) is 0.800. The van der Waals surface area contributed by atoms with Gasteiger partial charge in [0.2, 0.25) is 5.91 Å². The van der Waals surface area contributed by atoms with Crippen LogP contribution in [0.4, 0.5) is 4.79 Å². The summed E-state index contributed by atoms with van der Waals surface area (Å²) in [4.78, 5) is 28.2. The van der Waals surface area contributed by atoms with Crippen LogP contribution in [0.5, 0.6) is 0 Å². The minimum absolute atomic E-state index is 0.0752. The van der Waals surface area contributed by atoms with Gasteiger partial charge in [-0.05, 0) is 46.2 Å². The van der Waals surface area contributed by atoms with Crippen molar-refractivity contribution in [2.24, 2.45) is 5.92 Å². The smallest absolute Gasteiger partial charge is 0.313 e. The zero-order valence-electron chi connectivity index (χ0n) is 15.3. The van der Waals surface area contributed by atoms with Crippen LogP contribution in [0, 0.1) is 11.3 Å². The molecule has 12 heteroatoms. The minimum atomic E-state index is -4.81. The Labute approximate surface area is 158 Å². The Hall–Kier alpha value is -1.76. The molecule has 3 aliphatic rings. The van der Waals surface area contributed by atoms with E-state index in [-0.39, 0.29) is 24.2 Å². The van der Waals surface area contributed by atoms with Gasteiger partial charge in [0.1, 0.15) is 5.84 Å². The number of nitrogens with zero attached hydrogens (tertiary/aromatic N) is 3. The summed E-state index contributed by atoms with van der Waals surface area (Å²) in [5, 5.41) is 11.5. The number of carbonyl (C=O) groups excluding carboxylic acids is 2. The lowest BCUT2D eigenvalue weighted by molar-refractivity contribution is -0.123. The van der Waals surface area contributed by atoms with Crippen molar-refractivity contribution in [1.82, 2.24) is 20.2 Å². The summed E-state index contributed by atoms with van der Waals surface area (Å²) >= 11 is 0. The van der Waals surface area contributed by atoms with Gasteiger partial charge in [-0.2, -0.15) is 13.5 Å². The largest absolute Gasteiger partial charge is 0.418 e. The molecule has 0 spiro atoms. The van der Waals surface area contributed by atoms with Crippen LogP contribution in [0.25, 0.3) is 0 Å².